The molecule has 0 saturated heterocycles. The normalized spacial score (nSPS) is 10.9. The minimum absolute atomic E-state index is 0.940. The topological polar surface area (TPSA) is 40.7 Å². The van der Waals surface area contributed by atoms with Crippen LogP contribution in [0.1, 0.15) is 17.1 Å². The van der Waals surface area contributed by atoms with E-state index in [0.29, 0.717) is 0 Å². The molecule has 0 radical (unpaired) electrons. The highest BCUT2D eigenvalue weighted by molar-refractivity contribution is 7.15. The lowest BCUT2D eigenvalue weighted by Gasteiger charge is -2.02. The summed E-state index contributed by atoms with van der Waals surface area (Å²) in [5.74, 6) is 1.07. The molecule has 0 atom stereocenters. The van der Waals surface area contributed by atoms with Gasteiger partial charge in [-0.05, 0) is 30.7 Å². The van der Waals surface area contributed by atoms with Crippen LogP contribution in [0.3, 0.4) is 0 Å². The summed E-state index contributed by atoms with van der Waals surface area (Å²) < 4.78 is 0. The molecule has 108 valence electrons. The van der Waals surface area contributed by atoms with Crippen LogP contribution in [0, 0.1) is 0 Å². The van der Waals surface area contributed by atoms with E-state index in [1.807, 2.05) is 17.5 Å². The highest BCUT2D eigenvalue weighted by Gasteiger charge is 2.02. The maximum Gasteiger partial charge on any atom is 0.106 e. The van der Waals surface area contributed by atoms with Gasteiger partial charge in [0.25, 0.3) is 0 Å². The van der Waals surface area contributed by atoms with Gasteiger partial charge in [-0.25, -0.2) is 4.98 Å². The summed E-state index contributed by atoms with van der Waals surface area (Å²) in [5, 5.41) is 3.50. The van der Waals surface area contributed by atoms with Gasteiger partial charge in [-0.15, -0.1) is 11.3 Å². The van der Waals surface area contributed by atoms with Gasteiger partial charge in [0.05, 0.1) is 0 Å². The summed E-state index contributed by atoms with van der Waals surface area (Å²) in [5.41, 5.74) is 1.30. The molecule has 21 heavy (non-hydrogen) atoms. The Balaban J connectivity index is 1.43. The quantitative estimate of drug-likeness (QED) is 0.650. The molecule has 4 heteroatoms. The number of hydrogen-bond acceptors (Lipinski definition) is 3. The monoisotopic (exact) mass is 297 g/mol. The Morgan fingerprint density at radius 1 is 1.10 bits per heavy atom. The summed E-state index contributed by atoms with van der Waals surface area (Å²) in [7, 11) is 0. The third kappa shape index (κ3) is 4.03. The van der Waals surface area contributed by atoms with E-state index in [-0.39, 0.29) is 0 Å². The van der Waals surface area contributed by atoms with Crippen molar-refractivity contribution in [2.24, 2.45) is 0 Å². The number of benzene rings is 1. The van der Waals surface area contributed by atoms with Gasteiger partial charge in [0.2, 0.25) is 0 Å². The average Bonchev–Trinajstić information content (AvgIpc) is 3.19. The van der Waals surface area contributed by atoms with Crippen LogP contribution in [0.25, 0.3) is 10.4 Å². The van der Waals surface area contributed by atoms with E-state index in [0.717, 1.165) is 31.8 Å². The van der Waals surface area contributed by atoms with E-state index < -0.39 is 0 Å². The number of nitrogens with zero attached hydrogens (tertiary/aromatic N) is 1. The smallest absolute Gasteiger partial charge is 0.106 e. The van der Waals surface area contributed by atoms with Gasteiger partial charge in [-0.2, -0.15) is 0 Å². The van der Waals surface area contributed by atoms with Crippen molar-refractivity contribution in [3.05, 3.63) is 65.6 Å². The van der Waals surface area contributed by atoms with Crippen molar-refractivity contribution < 1.29 is 0 Å². The first kappa shape index (κ1) is 14.0. The fraction of sp³-hybridized carbons (Fsp3) is 0.235. The van der Waals surface area contributed by atoms with Crippen LogP contribution in [-0.4, -0.2) is 16.5 Å². The lowest BCUT2D eigenvalue weighted by molar-refractivity contribution is 0.645. The Labute approximate surface area is 129 Å². The van der Waals surface area contributed by atoms with Crippen molar-refractivity contribution in [1.29, 1.82) is 0 Å². The number of imidazole rings is 1. The van der Waals surface area contributed by atoms with Crippen LogP contribution in [-0.2, 0) is 13.0 Å². The highest BCUT2D eigenvalue weighted by Crippen LogP contribution is 2.27. The van der Waals surface area contributed by atoms with Crippen LogP contribution in [0.4, 0.5) is 0 Å². The minimum Gasteiger partial charge on any atom is -0.349 e. The summed E-state index contributed by atoms with van der Waals surface area (Å²) in [6.45, 7) is 1.95. The molecule has 0 bridgehead atoms. The molecule has 2 N–H and O–H groups in total. The van der Waals surface area contributed by atoms with Gasteiger partial charge in [-0.3, -0.25) is 0 Å². The second-order valence-corrected chi connectivity index (χ2v) is 6.12. The molecule has 3 aromatic rings. The number of aryl methyl sites for hydroxylation is 1. The standard InChI is InChI=1S/C17H19N3S/c1-2-5-14(6-3-1)16-9-8-15(21-16)13-18-10-4-7-17-19-11-12-20-17/h1-3,5-6,8-9,11-12,18H,4,7,10,13H2,(H,19,20). The molecule has 2 aromatic heterocycles. The molecule has 3 rings (SSSR count). The second kappa shape index (κ2) is 7.20. The van der Waals surface area contributed by atoms with Crippen molar-refractivity contribution in [2.75, 3.05) is 6.54 Å². The Hall–Kier alpha value is -1.91. The van der Waals surface area contributed by atoms with E-state index in [4.69, 9.17) is 0 Å². The Bertz CT molecular complexity index is 644. The van der Waals surface area contributed by atoms with Gasteiger partial charge in [0, 0.05) is 35.1 Å². The van der Waals surface area contributed by atoms with Crippen LogP contribution >= 0.6 is 11.3 Å². The zero-order chi connectivity index (χ0) is 14.3. The molecular formula is C17H19N3S. The van der Waals surface area contributed by atoms with Crippen LogP contribution in [0.15, 0.2) is 54.9 Å². The molecule has 1 aromatic carbocycles. The van der Waals surface area contributed by atoms with Gasteiger partial charge >= 0.3 is 0 Å². The minimum atomic E-state index is 0.940. The number of hydrogen-bond donors (Lipinski definition) is 2. The number of rotatable bonds is 7. The fourth-order valence-corrected chi connectivity index (χ4v) is 3.24. The summed E-state index contributed by atoms with van der Waals surface area (Å²) in [6.07, 6.45) is 5.78. The third-order valence-electron chi connectivity index (χ3n) is 3.34. The van der Waals surface area contributed by atoms with E-state index in [9.17, 15) is 0 Å². The number of nitrogens with one attached hydrogen (secondary N) is 2. The Morgan fingerprint density at radius 3 is 2.81 bits per heavy atom. The first-order valence-corrected chi connectivity index (χ1v) is 8.06. The molecule has 0 aliphatic rings. The van der Waals surface area contributed by atoms with Crippen molar-refractivity contribution in [3.8, 4) is 10.4 Å². The number of H-pyrrole nitrogens is 1. The molecule has 0 aliphatic heterocycles. The first-order valence-electron chi connectivity index (χ1n) is 7.25. The molecular weight excluding hydrogens is 278 g/mol. The van der Waals surface area contributed by atoms with Crippen LogP contribution in [0.5, 0.6) is 0 Å². The molecule has 0 aliphatic carbocycles. The van der Waals surface area contributed by atoms with Crippen molar-refractivity contribution in [1.82, 2.24) is 15.3 Å². The predicted octanol–water partition coefficient (Wildman–Crippen LogP) is 3.86. The third-order valence-corrected chi connectivity index (χ3v) is 4.48. The zero-order valence-corrected chi connectivity index (χ0v) is 12.7. The average molecular weight is 297 g/mol. The van der Waals surface area contributed by atoms with E-state index in [1.165, 1.54) is 15.3 Å². The number of thiophene rings is 1. The maximum absolute atomic E-state index is 4.23. The highest BCUT2D eigenvalue weighted by atomic mass is 32.1. The van der Waals surface area contributed by atoms with Crippen molar-refractivity contribution in [3.63, 3.8) is 0 Å². The largest absolute Gasteiger partial charge is 0.349 e. The number of aromatic nitrogens is 2. The predicted molar refractivity (Wildman–Crippen MR) is 88.4 cm³/mol. The Morgan fingerprint density at radius 2 is 2.00 bits per heavy atom. The SMILES string of the molecule is c1ccc(-c2ccc(CNCCCc3ncc[nH]3)s2)cc1. The second-order valence-electron chi connectivity index (χ2n) is 4.95. The molecule has 0 unspecified atom stereocenters. The van der Waals surface area contributed by atoms with E-state index in [1.54, 1.807) is 6.20 Å². The van der Waals surface area contributed by atoms with Gasteiger partial charge in [0.1, 0.15) is 5.82 Å². The summed E-state index contributed by atoms with van der Waals surface area (Å²) >= 11 is 1.86. The molecule has 3 nitrogen and oxygen atoms in total. The Kier molecular flexibility index (Phi) is 4.82. The van der Waals surface area contributed by atoms with E-state index >= 15 is 0 Å². The molecule has 0 amide bonds. The van der Waals surface area contributed by atoms with Gasteiger partial charge < -0.3 is 10.3 Å². The lowest BCUT2D eigenvalue weighted by atomic mass is 10.2. The van der Waals surface area contributed by atoms with E-state index in [2.05, 4.69) is 57.7 Å². The van der Waals surface area contributed by atoms with Gasteiger partial charge in [-0.1, -0.05) is 30.3 Å². The van der Waals surface area contributed by atoms with Gasteiger partial charge in [0.15, 0.2) is 0 Å². The van der Waals surface area contributed by atoms with Crippen LogP contribution < -0.4 is 5.32 Å². The molecule has 2 heterocycles. The zero-order valence-electron chi connectivity index (χ0n) is 11.9. The molecule has 0 spiro atoms. The summed E-state index contributed by atoms with van der Waals surface area (Å²) in [6, 6.07) is 15.0. The van der Waals surface area contributed by atoms with Crippen LogP contribution in [0.2, 0.25) is 0 Å². The van der Waals surface area contributed by atoms with Crippen molar-refractivity contribution >= 4 is 11.3 Å². The molecule has 0 fully saturated rings. The maximum atomic E-state index is 4.23. The summed E-state index contributed by atoms with van der Waals surface area (Å²) in [4.78, 5) is 10.1. The first-order chi connectivity index (χ1) is 10.4. The lowest BCUT2D eigenvalue weighted by Crippen LogP contribution is -2.14. The number of aromatic amines is 1. The molecule has 0 saturated carbocycles. The van der Waals surface area contributed by atoms with Crippen molar-refractivity contribution in [2.45, 2.75) is 19.4 Å². The fourth-order valence-electron chi connectivity index (χ4n) is 2.26.